The molecule has 0 saturated carbocycles. The van der Waals surface area contributed by atoms with Gasteiger partial charge in [-0.25, -0.2) is 4.98 Å². The third-order valence-corrected chi connectivity index (χ3v) is 3.90. The summed E-state index contributed by atoms with van der Waals surface area (Å²) in [6.45, 7) is 0. The fourth-order valence-corrected chi connectivity index (χ4v) is 2.45. The number of anilines is 1. The highest BCUT2D eigenvalue weighted by Crippen LogP contribution is 2.34. The van der Waals surface area contributed by atoms with Crippen LogP contribution < -0.4 is 16.2 Å². The van der Waals surface area contributed by atoms with Crippen molar-refractivity contribution in [3.63, 3.8) is 0 Å². The lowest BCUT2D eigenvalue weighted by atomic mass is 10.2. The predicted octanol–water partition coefficient (Wildman–Crippen LogP) is 2.56. The number of H-pyrrole nitrogens is 1. The Bertz CT molecular complexity index is 984. The van der Waals surface area contributed by atoms with Crippen LogP contribution in [0.5, 0.6) is 11.6 Å². The Morgan fingerprint density at radius 3 is 2.80 bits per heavy atom. The first kappa shape index (κ1) is 16.6. The molecule has 3 aromatic rings. The lowest BCUT2D eigenvalue weighted by Crippen LogP contribution is -2.38. The number of rotatable bonds is 3. The number of hydrogen-bond donors (Lipinski definition) is 4. The maximum atomic E-state index is 12.3. The van der Waals surface area contributed by atoms with E-state index in [-0.39, 0.29) is 11.7 Å². The van der Waals surface area contributed by atoms with E-state index < -0.39 is 5.91 Å². The molecule has 0 aliphatic heterocycles. The van der Waals surface area contributed by atoms with Crippen LogP contribution in [0.3, 0.4) is 0 Å². The van der Waals surface area contributed by atoms with Gasteiger partial charge in [0.1, 0.15) is 5.69 Å². The van der Waals surface area contributed by atoms with Crippen LogP contribution in [0.2, 0.25) is 5.02 Å². The van der Waals surface area contributed by atoms with E-state index >= 15 is 0 Å². The van der Waals surface area contributed by atoms with Crippen molar-refractivity contribution in [1.29, 1.82) is 5.41 Å². The number of hydrogen-bond acceptors (Lipinski definition) is 5. The number of aromatic nitrogens is 2. The van der Waals surface area contributed by atoms with Crippen LogP contribution in [-0.2, 0) is 0 Å². The lowest BCUT2D eigenvalue weighted by Gasteiger charge is -2.12. The number of halogens is 1. The monoisotopic (exact) mass is 358 g/mol. The van der Waals surface area contributed by atoms with Gasteiger partial charge >= 0.3 is 0 Å². The first-order chi connectivity index (χ1) is 11.9. The van der Waals surface area contributed by atoms with Gasteiger partial charge in [0.2, 0.25) is 5.88 Å². The average Bonchev–Trinajstić information content (AvgIpc) is 3.02. The van der Waals surface area contributed by atoms with Crippen molar-refractivity contribution in [3.05, 3.63) is 47.2 Å². The van der Waals surface area contributed by atoms with E-state index in [4.69, 9.17) is 33.2 Å². The lowest BCUT2D eigenvalue weighted by molar-refractivity contribution is 0.0864. The number of carbonyl (C=O) groups excluding carboxylic acids is 1. The number of nitrogen functional groups attached to an aromatic ring is 1. The number of nitrogens with zero attached hydrogens (tertiary/aromatic N) is 2. The maximum Gasteiger partial charge on any atom is 0.276 e. The molecule has 0 spiro atoms. The molecule has 2 heterocycles. The summed E-state index contributed by atoms with van der Waals surface area (Å²) in [5, 5.41) is 8.41. The number of nitrogens with one attached hydrogen (secondary N) is 2. The molecule has 0 fully saturated rings. The molecule has 128 valence electrons. The molecule has 3 rings (SSSR count). The number of ether oxygens (including phenoxy) is 1. The van der Waals surface area contributed by atoms with E-state index in [9.17, 15) is 4.79 Å². The molecule has 9 heteroatoms. The van der Waals surface area contributed by atoms with Gasteiger partial charge in [0, 0.05) is 30.4 Å². The molecule has 0 bridgehead atoms. The Morgan fingerprint density at radius 1 is 1.36 bits per heavy atom. The van der Waals surface area contributed by atoms with E-state index in [1.165, 1.54) is 13.2 Å². The minimum Gasteiger partial charge on any atom is -0.437 e. The molecule has 6 N–H and O–H groups in total. The average molecular weight is 359 g/mol. The highest BCUT2D eigenvalue weighted by Gasteiger charge is 2.19. The topological polar surface area (TPSA) is 134 Å². The second-order valence-corrected chi connectivity index (χ2v) is 5.70. The Kier molecular flexibility index (Phi) is 4.20. The molecular weight excluding hydrogens is 344 g/mol. The van der Waals surface area contributed by atoms with Gasteiger partial charge in [0.15, 0.2) is 11.7 Å². The summed E-state index contributed by atoms with van der Waals surface area (Å²) in [7, 11) is 1.41. The van der Waals surface area contributed by atoms with Crippen LogP contribution >= 0.6 is 11.6 Å². The first-order valence-electron chi connectivity index (χ1n) is 7.19. The SMILES string of the molecule is CN(C(=N)N)C(=O)c1cc2c(Cl)ccc(Oc3cc(N)ccn3)c2[nH]1. The molecule has 1 aromatic carbocycles. The molecule has 0 atom stereocenters. The predicted molar refractivity (Wildman–Crippen MR) is 96.0 cm³/mol. The maximum absolute atomic E-state index is 12.3. The smallest absolute Gasteiger partial charge is 0.276 e. The highest BCUT2D eigenvalue weighted by atomic mass is 35.5. The van der Waals surface area contributed by atoms with Gasteiger partial charge in [0.25, 0.3) is 5.91 Å². The van der Waals surface area contributed by atoms with Crippen LogP contribution in [0.4, 0.5) is 5.69 Å². The minimum absolute atomic E-state index is 0.228. The first-order valence-corrected chi connectivity index (χ1v) is 7.57. The summed E-state index contributed by atoms with van der Waals surface area (Å²) in [5.41, 5.74) is 12.3. The number of nitrogens with two attached hydrogens (primary N) is 2. The molecule has 2 aromatic heterocycles. The van der Waals surface area contributed by atoms with Gasteiger partial charge in [-0.3, -0.25) is 15.1 Å². The summed E-state index contributed by atoms with van der Waals surface area (Å²) in [5.74, 6) is -0.0861. The normalized spacial score (nSPS) is 10.6. The molecule has 1 amide bonds. The van der Waals surface area contributed by atoms with Crippen LogP contribution in [-0.4, -0.2) is 33.8 Å². The van der Waals surface area contributed by atoms with E-state index in [1.54, 1.807) is 30.3 Å². The number of fused-ring (bicyclic) bond motifs is 1. The van der Waals surface area contributed by atoms with Gasteiger partial charge in [-0.2, -0.15) is 0 Å². The van der Waals surface area contributed by atoms with Crippen molar-refractivity contribution in [1.82, 2.24) is 14.9 Å². The number of benzene rings is 1. The Balaban J connectivity index is 2.04. The Labute approximate surface area is 147 Å². The standard InChI is InChI=1S/C16H15ClN6O2/c1-23(16(19)20)15(24)11-7-9-10(17)2-3-12(14(9)22-11)25-13-6-8(18)4-5-21-13/h2-7,22H,1H3,(H2,18,21)(H3,19,20). The summed E-state index contributed by atoms with van der Waals surface area (Å²) < 4.78 is 5.76. The summed E-state index contributed by atoms with van der Waals surface area (Å²) in [6.07, 6.45) is 1.53. The Morgan fingerprint density at radius 2 is 2.12 bits per heavy atom. The van der Waals surface area contributed by atoms with Crippen molar-refractivity contribution in [2.24, 2.45) is 5.73 Å². The van der Waals surface area contributed by atoms with Gasteiger partial charge in [-0.1, -0.05) is 11.6 Å². The molecule has 0 aliphatic carbocycles. The summed E-state index contributed by atoms with van der Waals surface area (Å²) >= 11 is 6.21. The van der Waals surface area contributed by atoms with E-state index in [0.717, 1.165) is 4.90 Å². The highest BCUT2D eigenvalue weighted by molar-refractivity contribution is 6.35. The fourth-order valence-electron chi connectivity index (χ4n) is 2.24. The van der Waals surface area contributed by atoms with Gasteiger partial charge in [-0.15, -0.1) is 0 Å². The number of pyridine rings is 1. The van der Waals surface area contributed by atoms with E-state index in [2.05, 4.69) is 9.97 Å². The van der Waals surface area contributed by atoms with Crippen molar-refractivity contribution in [2.75, 3.05) is 12.8 Å². The van der Waals surface area contributed by atoms with Crippen LogP contribution in [0.1, 0.15) is 10.5 Å². The van der Waals surface area contributed by atoms with Crippen molar-refractivity contribution < 1.29 is 9.53 Å². The minimum atomic E-state index is -0.465. The van der Waals surface area contributed by atoms with Crippen molar-refractivity contribution in [2.45, 2.75) is 0 Å². The van der Waals surface area contributed by atoms with Crippen LogP contribution in [0.25, 0.3) is 10.9 Å². The number of guanidine groups is 1. The van der Waals surface area contributed by atoms with E-state index in [0.29, 0.717) is 33.2 Å². The molecule has 25 heavy (non-hydrogen) atoms. The van der Waals surface area contributed by atoms with Gasteiger partial charge in [-0.05, 0) is 24.3 Å². The van der Waals surface area contributed by atoms with E-state index in [1.807, 2.05) is 0 Å². The third-order valence-electron chi connectivity index (χ3n) is 3.57. The second-order valence-electron chi connectivity index (χ2n) is 5.30. The molecule has 0 unspecified atom stereocenters. The zero-order valence-electron chi connectivity index (χ0n) is 13.2. The number of aromatic amines is 1. The number of amides is 1. The Hall–Kier alpha value is -3.26. The molecule has 8 nitrogen and oxygen atoms in total. The summed E-state index contributed by atoms with van der Waals surface area (Å²) in [4.78, 5) is 20.4. The van der Waals surface area contributed by atoms with Crippen molar-refractivity contribution >= 4 is 40.1 Å². The molecular formula is C16H15ClN6O2. The zero-order chi connectivity index (χ0) is 18.1. The summed E-state index contributed by atoms with van der Waals surface area (Å²) in [6, 6.07) is 8.13. The number of carbonyl (C=O) groups is 1. The molecule has 0 radical (unpaired) electrons. The quantitative estimate of drug-likeness (QED) is 0.421. The second kappa shape index (κ2) is 6.33. The van der Waals surface area contributed by atoms with Gasteiger partial charge in [0.05, 0.1) is 10.5 Å². The molecule has 0 aliphatic rings. The molecule has 0 saturated heterocycles. The largest absolute Gasteiger partial charge is 0.437 e. The fraction of sp³-hybridized carbons (Fsp3) is 0.0625. The third kappa shape index (κ3) is 3.20. The van der Waals surface area contributed by atoms with Gasteiger partial charge < -0.3 is 21.2 Å². The van der Waals surface area contributed by atoms with Crippen LogP contribution in [0, 0.1) is 5.41 Å². The zero-order valence-corrected chi connectivity index (χ0v) is 14.0. The van der Waals surface area contributed by atoms with Crippen LogP contribution in [0.15, 0.2) is 36.5 Å². The van der Waals surface area contributed by atoms with Crippen molar-refractivity contribution in [3.8, 4) is 11.6 Å².